The van der Waals surface area contributed by atoms with E-state index in [0.717, 1.165) is 27.9 Å². The third-order valence-electron chi connectivity index (χ3n) is 6.75. The van der Waals surface area contributed by atoms with E-state index in [4.69, 9.17) is 6.42 Å². The molecule has 1 aliphatic carbocycles. The maximum Gasteiger partial charge on any atom is 0.0361 e. The van der Waals surface area contributed by atoms with E-state index in [2.05, 4.69) is 103 Å². The molecule has 0 aromatic heterocycles. The third kappa shape index (κ3) is 4.39. The average Bonchev–Trinajstić information content (AvgIpc) is 3.12. The first-order chi connectivity index (χ1) is 17.3. The average molecular weight is 461 g/mol. The van der Waals surface area contributed by atoms with Crippen LogP contribution in [-0.4, -0.2) is 14.1 Å². The monoisotopic (exact) mass is 460 g/mol. The van der Waals surface area contributed by atoms with Gasteiger partial charge >= 0.3 is 0 Å². The second-order valence-electron chi connectivity index (χ2n) is 9.80. The van der Waals surface area contributed by atoms with Crippen molar-refractivity contribution >= 4 is 5.69 Å². The van der Waals surface area contributed by atoms with E-state index < -0.39 is 0 Å². The Kier molecular flexibility index (Phi) is 5.90. The molecule has 0 heterocycles. The summed E-state index contributed by atoms with van der Waals surface area (Å²) in [6.45, 7) is 4.55. The van der Waals surface area contributed by atoms with Crippen molar-refractivity contribution in [3.63, 3.8) is 0 Å². The highest BCUT2D eigenvalue weighted by molar-refractivity contribution is 5.81. The quantitative estimate of drug-likeness (QED) is 0.283. The Labute approximate surface area is 214 Å². The van der Waals surface area contributed by atoms with Crippen LogP contribution in [0.15, 0.2) is 84.9 Å². The largest absolute Gasteiger partial charge is 0.378 e. The molecule has 4 aromatic rings. The van der Waals surface area contributed by atoms with Crippen LogP contribution in [0.5, 0.6) is 0 Å². The van der Waals surface area contributed by atoms with E-state index in [0.29, 0.717) is 5.56 Å². The maximum atomic E-state index is 7.63. The maximum absolute atomic E-state index is 7.63. The Morgan fingerprint density at radius 1 is 0.583 bits per heavy atom. The van der Waals surface area contributed by atoms with Crippen LogP contribution in [0.3, 0.4) is 0 Å². The molecule has 0 N–H and O–H groups in total. The Hall–Kier alpha value is -4.64. The highest BCUT2D eigenvalue weighted by Crippen LogP contribution is 2.48. The number of anilines is 1. The Morgan fingerprint density at radius 3 is 1.81 bits per heavy atom. The van der Waals surface area contributed by atoms with Gasteiger partial charge in [0.05, 0.1) is 0 Å². The van der Waals surface area contributed by atoms with Gasteiger partial charge in [-0.3, -0.25) is 0 Å². The smallest absolute Gasteiger partial charge is 0.0361 e. The van der Waals surface area contributed by atoms with Crippen LogP contribution >= 0.6 is 0 Å². The molecule has 1 nitrogen and oxygen atoms in total. The molecule has 1 heteroatoms. The SMILES string of the molecule is [C]#Cc1cc(C#Cc2ccc(N(C)C)cc2)cc(C#Cc2ccc3c(c2)C(C)(C)c2ccccc2-3)c1. The molecule has 0 saturated heterocycles. The van der Waals surface area contributed by atoms with Crippen molar-refractivity contribution in [2.24, 2.45) is 0 Å². The van der Waals surface area contributed by atoms with Crippen molar-refractivity contribution in [2.45, 2.75) is 19.3 Å². The molecule has 0 aliphatic heterocycles. The van der Waals surface area contributed by atoms with Gasteiger partial charge in [-0.15, -0.1) is 0 Å². The van der Waals surface area contributed by atoms with E-state index in [-0.39, 0.29) is 5.41 Å². The summed E-state index contributed by atoms with van der Waals surface area (Å²) >= 11 is 0. The van der Waals surface area contributed by atoms with Crippen molar-refractivity contribution in [3.8, 4) is 40.7 Å². The molecule has 1 radical (unpaired) electrons. The second-order valence-corrected chi connectivity index (χ2v) is 9.80. The predicted molar refractivity (Wildman–Crippen MR) is 149 cm³/mol. The van der Waals surface area contributed by atoms with Crippen LogP contribution < -0.4 is 4.90 Å². The summed E-state index contributed by atoms with van der Waals surface area (Å²) in [5.41, 5.74) is 10.6. The van der Waals surface area contributed by atoms with Gasteiger partial charge in [-0.25, -0.2) is 0 Å². The summed E-state index contributed by atoms with van der Waals surface area (Å²) in [4.78, 5) is 2.06. The van der Waals surface area contributed by atoms with Crippen LogP contribution in [0.4, 0.5) is 5.69 Å². The Morgan fingerprint density at radius 2 is 1.14 bits per heavy atom. The fourth-order valence-corrected chi connectivity index (χ4v) is 4.76. The Bertz CT molecular complexity index is 1640. The van der Waals surface area contributed by atoms with Crippen LogP contribution in [-0.2, 0) is 5.41 Å². The van der Waals surface area contributed by atoms with Gasteiger partial charge in [0.2, 0.25) is 0 Å². The van der Waals surface area contributed by atoms with Crippen molar-refractivity contribution in [1.29, 1.82) is 0 Å². The molecule has 0 saturated carbocycles. The summed E-state index contributed by atoms with van der Waals surface area (Å²) in [6, 6.07) is 29.0. The lowest BCUT2D eigenvalue weighted by molar-refractivity contribution is 0.660. The van der Waals surface area contributed by atoms with E-state index in [1.54, 1.807) is 0 Å². The second kappa shape index (κ2) is 9.19. The standard InChI is InChI=1S/C35H26N/c1-6-25-21-28(13-11-26-15-18-30(19-16-26)36(4)5)23-29(22-25)14-12-27-17-20-32-31-9-7-8-10-33(31)35(2,3)34(32)24-27/h7-10,15-24H,2-5H3. The van der Waals surface area contributed by atoms with E-state index >= 15 is 0 Å². The van der Waals surface area contributed by atoms with Gasteiger partial charge in [-0.2, -0.15) is 0 Å². The van der Waals surface area contributed by atoms with E-state index in [1.807, 2.05) is 44.4 Å². The topological polar surface area (TPSA) is 3.24 Å². The molecule has 0 atom stereocenters. The number of hydrogen-bond acceptors (Lipinski definition) is 1. The van der Waals surface area contributed by atoms with E-state index in [9.17, 15) is 0 Å². The third-order valence-corrected chi connectivity index (χ3v) is 6.75. The minimum atomic E-state index is -0.0494. The summed E-state index contributed by atoms with van der Waals surface area (Å²) in [7, 11) is 4.04. The minimum absolute atomic E-state index is 0.0494. The number of benzene rings is 4. The summed E-state index contributed by atoms with van der Waals surface area (Å²) in [5, 5.41) is 0. The highest BCUT2D eigenvalue weighted by Gasteiger charge is 2.34. The van der Waals surface area contributed by atoms with Gasteiger partial charge in [0.15, 0.2) is 0 Å². The molecular formula is C35H26N. The lowest BCUT2D eigenvalue weighted by Crippen LogP contribution is -2.14. The lowest BCUT2D eigenvalue weighted by Gasteiger charge is -2.21. The molecule has 171 valence electrons. The summed E-state index contributed by atoms with van der Waals surface area (Å²) in [5.74, 6) is 15.6. The van der Waals surface area contributed by atoms with Crippen molar-refractivity contribution in [1.82, 2.24) is 0 Å². The first kappa shape index (κ1) is 23.1. The molecule has 0 fully saturated rings. The van der Waals surface area contributed by atoms with Crippen molar-refractivity contribution in [3.05, 3.63) is 130 Å². The van der Waals surface area contributed by atoms with Gasteiger partial charge in [0.25, 0.3) is 0 Å². The number of nitrogens with zero attached hydrogens (tertiary/aromatic N) is 1. The number of hydrogen-bond donors (Lipinski definition) is 0. The fraction of sp³-hybridized carbons (Fsp3) is 0.143. The summed E-state index contributed by atoms with van der Waals surface area (Å²) < 4.78 is 0. The molecule has 0 unspecified atom stereocenters. The van der Waals surface area contributed by atoms with Crippen LogP contribution in [0.2, 0.25) is 0 Å². The lowest BCUT2D eigenvalue weighted by atomic mass is 9.82. The molecule has 0 amide bonds. The first-order valence-electron chi connectivity index (χ1n) is 12.0. The number of rotatable bonds is 1. The molecule has 36 heavy (non-hydrogen) atoms. The zero-order chi connectivity index (χ0) is 25.3. The molecule has 4 aromatic carbocycles. The van der Waals surface area contributed by atoms with Crippen LogP contribution in [0.1, 0.15) is 52.8 Å². The first-order valence-corrected chi connectivity index (χ1v) is 12.0. The van der Waals surface area contributed by atoms with Gasteiger partial charge in [0.1, 0.15) is 0 Å². The molecule has 0 spiro atoms. The molecule has 5 rings (SSSR count). The zero-order valence-corrected chi connectivity index (χ0v) is 21.0. The van der Waals surface area contributed by atoms with Gasteiger partial charge in [-0.1, -0.05) is 73.8 Å². The van der Waals surface area contributed by atoms with Gasteiger partial charge in [0, 0.05) is 53.0 Å². The molecular weight excluding hydrogens is 434 g/mol. The normalized spacial score (nSPS) is 12.2. The molecule has 0 bridgehead atoms. The van der Waals surface area contributed by atoms with E-state index in [1.165, 1.54) is 22.3 Å². The molecule has 1 aliphatic rings. The van der Waals surface area contributed by atoms with Crippen molar-refractivity contribution < 1.29 is 0 Å². The minimum Gasteiger partial charge on any atom is -0.378 e. The zero-order valence-electron chi connectivity index (χ0n) is 21.0. The predicted octanol–water partition coefficient (Wildman–Crippen LogP) is 6.80. The van der Waals surface area contributed by atoms with Gasteiger partial charge < -0.3 is 4.90 Å². The summed E-state index contributed by atoms with van der Waals surface area (Å²) in [6.07, 6.45) is 7.63. The van der Waals surface area contributed by atoms with Crippen molar-refractivity contribution in [2.75, 3.05) is 19.0 Å². The van der Waals surface area contributed by atoms with Gasteiger partial charge in [-0.05, 0) is 83.3 Å². The number of fused-ring (bicyclic) bond motifs is 3. The van der Waals surface area contributed by atoms with Crippen LogP contribution in [0, 0.1) is 36.0 Å². The highest BCUT2D eigenvalue weighted by atomic mass is 15.1. The van der Waals surface area contributed by atoms with Crippen LogP contribution in [0.25, 0.3) is 11.1 Å². The Balaban J connectivity index is 1.45. The fourth-order valence-electron chi connectivity index (χ4n) is 4.76.